The highest BCUT2D eigenvalue weighted by Crippen LogP contribution is 2.07. The second-order valence-corrected chi connectivity index (χ2v) is 2.88. The van der Waals surface area contributed by atoms with Crippen LogP contribution in [0, 0.1) is 0 Å². The van der Waals surface area contributed by atoms with E-state index in [1.54, 1.807) is 0 Å². The van der Waals surface area contributed by atoms with Crippen molar-refractivity contribution in [2.75, 3.05) is 0 Å². The van der Waals surface area contributed by atoms with Crippen molar-refractivity contribution in [2.45, 2.75) is 32.6 Å². The van der Waals surface area contributed by atoms with E-state index in [-0.39, 0.29) is 5.76 Å². The van der Waals surface area contributed by atoms with Crippen molar-refractivity contribution in [3.63, 3.8) is 0 Å². The topological polar surface area (TPSA) is 63.3 Å². The number of carboxylic acid groups (broad SMARTS) is 1. The predicted molar refractivity (Wildman–Crippen MR) is 46.7 cm³/mol. The monoisotopic (exact) mass is 183 g/mol. The average Bonchev–Trinajstić information content (AvgIpc) is 2.53. The maximum Gasteiger partial charge on any atom is 0.373 e. The van der Waals surface area contributed by atoms with E-state index < -0.39 is 5.97 Å². The van der Waals surface area contributed by atoms with Gasteiger partial charge in [-0.25, -0.2) is 9.78 Å². The summed E-state index contributed by atoms with van der Waals surface area (Å²) in [6, 6.07) is 0. The maximum atomic E-state index is 10.4. The van der Waals surface area contributed by atoms with Crippen LogP contribution in [0.25, 0.3) is 0 Å². The summed E-state index contributed by atoms with van der Waals surface area (Å²) in [5, 5.41) is 8.54. The van der Waals surface area contributed by atoms with Gasteiger partial charge in [-0.2, -0.15) is 0 Å². The molecular weight excluding hydrogens is 170 g/mol. The van der Waals surface area contributed by atoms with E-state index in [9.17, 15) is 4.79 Å². The Balaban J connectivity index is 2.44. The summed E-state index contributed by atoms with van der Waals surface area (Å²) in [5.41, 5.74) is 0. The number of aromatic carboxylic acids is 1. The van der Waals surface area contributed by atoms with Gasteiger partial charge >= 0.3 is 5.97 Å². The lowest BCUT2D eigenvalue weighted by molar-refractivity contribution is 0.0660. The molecule has 0 aliphatic heterocycles. The first-order valence-electron chi connectivity index (χ1n) is 4.42. The SMILES string of the molecule is CCCCCc1ncc(C(=O)O)o1. The molecule has 0 aliphatic rings. The van der Waals surface area contributed by atoms with Gasteiger partial charge in [0.05, 0.1) is 6.20 Å². The van der Waals surface area contributed by atoms with Crippen molar-refractivity contribution >= 4 is 5.97 Å². The molecule has 0 aliphatic carbocycles. The Hall–Kier alpha value is -1.32. The molecule has 4 nitrogen and oxygen atoms in total. The number of rotatable bonds is 5. The highest BCUT2D eigenvalue weighted by atomic mass is 16.4. The lowest BCUT2D eigenvalue weighted by Crippen LogP contribution is -1.92. The summed E-state index contributed by atoms with van der Waals surface area (Å²) in [6.45, 7) is 2.11. The molecule has 1 heterocycles. The molecule has 0 spiro atoms. The lowest BCUT2D eigenvalue weighted by Gasteiger charge is -1.92. The summed E-state index contributed by atoms with van der Waals surface area (Å²) in [6.07, 6.45) is 5.22. The third-order valence-corrected chi connectivity index (χ3v) is 1.76. The second-order valence-electron chi connectivity index (χ2n) is 2.88. The Labute approximate surface area is 76.6 Å². The van der Waals surface area contributed by atoms with Gasteiger partial charge in [0.2, 0.25) is 5.76 Å². The fourth-order valence-electron chi connectivity index (χ4n) is 1.05. The Kier molecular flexibility index (Phi) is 3.49. The number of aryl methyl sites for hydroxylation is 1. The summed E-state index contributed by atoms with van der Waals surface area (Å²) in [4.78, 5) is 14.3. The fourth-order valence-corrected chi connectivity index (χ4v) is 1.05. The quantitative estimate of drug-likeness (QED) is 0.710. The predicted octanol–water partition coefficient (Wildman–Crippen LogP) is 2.11. The zero-order valence-corrected chi connectivity index (χ0v) is 7.62. The number of hydrogen-bond acceptors (Lipinski definition) is 3. The highest BCUT2D eigenvalue weighted by molar-refractivity contribution is 5.83. The Morgan fingerprint density at radius 3 is 2.92 bits per heavy atom. The molecule has 72 valence electrons. The van der Waals surface area contributed by atoms with Gasteiger partial charge in [0.25, 0.3) is 0 Å². The van der Waals surface area contributed by atoms with Gasteiger partial charge in [-0.1, -0.05) is 19.8 Å². The molecule has 0 amide bonds. The van der Waals surface area contributed by atoms with E-state index in [2.05, 4.69) is 11.9 Å². The molecule has 1 aromatic heterocycles. The molecule has 0 fully saturated rings. The molecule has 1 aromatic rings. The Morgan fingerprint density at radius 1 is 1.62 bits per heavy atom. The van der Waals surface area contributed by atoms with Crippen LogP contribution >= 0.6 is 0 Å². The van der Waals surface area contributed by atoms with E-state index >= 15 is 0 Å². The Bertz CT molecular complexity index is 280. The molecule has 1 N–H and O–H groups in total. The molecule has 0 bridgehead atoms. The van der Waals surface area contributed by atoms with Gasteiger partial charge in [0, 0.05) is 6.42 Å². The number of nitrogens with zero attached hydrogens (tertiary/aromatic N) is 1. The molecule has 13 heavy (non-hydrogen) atoms. The van der Waals surface area contributed by atoms with Crippen LogP contribution in [0.15, 0.2) is 10.6 Å². The van der Waals surface area contributed by atoms with E-state index in [1.807, 2.05) is 0 Å². The van der Waals surface area contributed by atoms with E-state index in [0.717, 1.165) is 25.7 Å². The second kappa shape index (κ2) is 4.64. The van der Waals surface area contributed by atoms with Crippen molar-refractivity contribution in [1.82, 2.24) is 4.98 Å². The first kappa shape index (κ1) is 9.77. The third-order valence-electron chi connectivity index (χ3n) is 1.76. The molecule has 1 rings (SSSR count). The fraction of sp³-hybridized carbons (Fsp3) is 0.556. The number of unbranched alkanes of at least 4 members (excludes halogenated alkanes) is 2. The summed E-state index contributed by atoms with van der Waals surface area (Å²) >= 11 is 0. The van der Waals surface area contributed by atoms with Gasteiger partial charge in [0.15, 0.2) is 5.89 Å². The maximum absolute atomic E-state index is 10.4. The molecule has 4 heteroatoms. The van der Waals surface area contributed by atoms with E-state index in [1.165, 1.54) is 6.20 Å². The van der Waals surface area contributed by atoms with Gasteiger partial charge in [-0.3, -0.25) is 0 Å². The highest BCUT2D eigenvalue weighted by Gasteiger charge is 2.09. The van der Waals surface area contributed by atoms with Crippen molar-refractivity contribution in [2.24, 2.45) is 0 Å². The summed E-state index contributed by atoms with van der Waals surface area (Å²) < 4.78 is 4.98. The minimum atomic E-state index is -1.06. The van der Waals surface area contributed by atoms with Crippen LogP contribution in [-0.2, 0) is 6.42 Å². The minimum Gasteiger partial charge on any atom is -0.475 e. The lowest BCUT2D eigenvalue weighted by atomic mass is 10.2. The molecule has 0 unspecified atom stereocenters. The van der Waals surface area contributed by atoms with Crippen molar-refractivity contribution < 1.29 is 14.3 Å². The van der Waals surface area contributed by atoms with Crippen LogP contribution in [0.3, 0.4) is 0 Å². The van der Waals surface area contributed by atoms with Crippen molar-refractivity contribution in [3.8, 4) is 0 Å². The Morgan fingerprint density at radius 2 is 2.38 bits per heavy atom. The zero-order valence-electron chi connectivity index (χ0n) is 7.62. The van der Waals surface area contributed by atoms with Gasteiger partial charge in [-0.15, -0.1) is 0 Å². The number of aromatic nitrogens is 1. The molecular formula is C9H13NO3. The van der Waals surface area contributed by atoms with E-state index in [4.69, 9.17) is 9.52 Å². The molecule has 0 saturated carbocycles. The van der Waals surface area contributed by atoms with Crippen LogP contribution in [0.2, 0.25) is 0 Å². The largest absolute Gasteiger partial charge is 0.475 e. The van der Waals surface area contributed by atoms with Crippen LogP contribution in [0.1, 0.15) is 42.6 Å². The number of hydrogen-bond donors (Lipinski definition) is 1. The van der Waals surface area contributed by atoms with Crippen LogP contribution in [0.5, 0.6) is 0 Å². The first-order chi connectivity index (χ1) is 6.24. The molecule has 0 saturated heterocycles. The van der Waals surface area contributed by atoms with Crippen LogP contribution in [-0.4, -0.2) is 16.1 Å². The summed E-state index contributed by atoms with van der Waals surface area (Å²) in [7, 11) is 0. The summed E-state index contributed by atoms with van der Waals surface area (Å²) in [5.74, 6) is -0.619. The minimum absolute atomic E-state index is 0.0773. The number of carbonyl (C=O) groups is 1. The number of carboxylic acids is 1. The number of oxazole rings is 1. The average molecular weight is 183 g/mol. The van der Waals surface area contributed by atoms with E-state index in [0.29, 0.717) is 5.89 Å². The standard InChI is InChI=1S/C9H13NO3/c1-2-3-4-5-8-10-6-7(13-8)9(11)12/h6H,2-5H2,1H3,(H,11,12). The van der Waals surface area contributed by atoms with Gasteiger partial charge in [-0.05, 0) is 6.42 Å². The van der Waals surface area contributed by atoms with Crippen molar-refractivity contribution in [1.29, 1.82) is 0 Å². The molecule has 0 aromatic carbocycles. The molecule has 0 atom stereocenters. The normalized spacial score (nSPS) is 10.2. The van der Waals surface area contributed by atoms with Crippen molar-refractivity contribution in [3.05, 3.63) is 17.8 Å². The van der Waals surface area contributed by atoms with Crippen LogP contribution in [0.4, 0.5) is 0 Å². The third kappa shape index (κ3) is 2.89. The first-order valence-corrected chi connectivity index (χ1v) is 4.42. The molecule has 0 radical (unpaired) electrons. The zero-order chi connectivity index (χ0) is 9.68. The van der Waals surface area contributed by atoms with Crippen LogP contribution < -0.4 is 0 Å². The smallest absolute Gasteiger partial charge is 0.373 e. The van der Waals surface area contributed by atoms with Gasteiger partial charge < -0.3 is 9.52 Å². The van der Waals surface area contributed by atoms with Gasteiger partial charge in [0.1, 0.15) is 0 Å².